The molecule has 1 aromatic carbocycles. The Bertz CT molecular complexity index is 591. The highest BCUT2D eigenvalue weighted by molar-refractivity contribution is 7.80. The van der Waals surface area contributed by atoms with E-state index in [2.05, 4.69) is 33.6 Å². The third kappa shape index (κ3) is 3.88. The van der Waals surface area contributed by atoms with Crippen LogP contribution < -0.4 is 5.73 Å². The Morgan fingerprint density at radius 1 is 1.45 bits per heavy atom. The predicted octanol–water partition coefficient (Wildman–Crippen LogP) is 1.96. The van der Waals surface area contributed by atoms with Crippen molar-refractivity contribution in [1.82, 2.24) is 14.5 Å². The second-order valence-corrected chi connectivity index (χ2v) is 5.41. The molecule has 1 heterocycles. The van der Waals surface area contributed by atoms with Gasteiger partial charge in [0.15, 0.2) is 0 Å². The van der Waals surface area contributed by atoms with Gasteiger partial charge >= 0.3 is 0 Å². The van der Waals surface area contributed by atoms with E-state index in [-0.39, 0.29) is 0 Å². The fourth-order valence-electron chi connectivity index (χ4n) is 2.13. The van der Waals surface area contributed by atoms with Gasteiger partial charge in [0.1, 0.15) is 10.8 Å². The zero-order valence-electron chi connectivity index (χ0n) is 11.9. The van der Waals surface area contributed by atoms with Crippen molar-refractivity contribution in [2.45, 2.75) is 20.0 Å². The van der Waals surface area contributed by atoms with Crippen LogP contribution in [-0.2, 0) is 13.1 Å². The maximum Gasteiger partial charge on any atom is 0.105 e. The average Bonchev–Trinajstić information content (AvgIpc) is 2.82. The summed E-state index contributed by atoms with van der Waals surface area (Å²) in [6, 6.07) is 8.10. The standard InChI is InChI=1S/C15H20N4S/c1-12-17-6-7-19(12)9-8-18(2)11-13-4-3-5-14(10-13)15(16)20/h3-7,10H,8-9,11H2,1-2H3,(H2,16,20). The van der Waals surface area contributed by atoms with E-state index in [1.54, 1.807) is 0 Å². The first-order valence-corrected chi connectivity index (χ1v) is 7.02. The highest BCUT2D eigenvalue weighted by atomic mass is 32.1. The molecule has 0 aliphatic heterocycles. The van der Waals surface area contributed by atoms with E-state index in [0.717, 1.165) is 31.0 Å². The second kappa shape index (κ2) is 6.63. The zero-order chi connectivity index (χ0) is 14.5. The number of aryl methyl sites for hydroxylation is 1. The normalized spacial score (nSPS) is 10.9. The van der Waals surface area contributed by atoms with E-state index in [9.17, 15) is 0 Å². The van der Waals surface area contributed by atoms with Gasteiger partial charge in [-0.3, -0.25) is 0 Å². The van der Waals surface area contributed by atoms with Crippen molar-refractivity contribution in [2.24, 2.45) is 5.73 Å². The Kier molecular flexibility index (Phi) is 4.87. The number of aromatic nitrogens is 2. The monoisotopic (exact) mass is 288 g/mol. The molecule has 2 rings (SSSR count). The van der Waals surface area contributed by atoms with Crippen LogP contribution in [0.5, 0.6) is 0 Å². The maximum absolute atomic E-state index is 5.66. The molecule has 1 aromatic heterocycles. The largest absolute Gasteiger partial charge is 0.389 e. The third-order valence-corrected chi connectivity index (χ3v) is 3.55. The smallest absolute Gasteiger partial charge is 0.105 e. The summed E-state index contributed by atoms with van der Waals surface area (Å²) in [6.07, 6.45) is 3.84. The number of nitrogens with two attached hydrogens (primary N) is 1. The van der Waals surface area contributed by atoms with Crippen molar-refractivity contribution in [3.05, 3.63) is 53.6 Å². The van der Waals surface area contributed by atoms with Crippen molar-refractivity contribution in [3.63, 3.8) is 0 Å². The van der Waals surface area contributed by atoms with Crippen molar-refractivity contribution < 1.29 is 0 Å². The molecule has 0 amide bonds. The molecule has 0 radical (unpaired) electrons. The molecular formula is C15H20N4S. The van der Waals surface area contributed by atoms with E-state index >= 15 is 0 Å². The van der Waals surface area contributed by atoms with Gasteiger partial charge in [0, 0.05) is 37.6 Å². The minimum absolute atomic E-state index is 0.448. The summed E-state index contributed by atoms with van der Waals surface area (Å²) in [4.78, 5) is 6.95. The lowest BCUT2D eigenvalue weighted by Crippen LogP contribution is -2.23. The Morgan fingerprint density at radius 2 is 2.25 bits per heavy atom. The number of rotatable bonds is 6. The lowest BCUT2D eigenvalue weighted by molar-refractivity contribution is 0.310. The van der Waals surface area contributed by atoms with Gasteiger partial charge in [0.25, 0.3) is 0 Å². The van der Waals surface area contributed by atoms with E-state index in [1.807, 2.05) is 31.5 Å². The van der Waals surface area contributed by atoms with Crippen LogP contribution in [0.15, 0.2) is 36.7 Å². The van der Waals surface area contributed by atoms with Gasteiger partial charge in [-0.1, -0.05) is 30.4 Å². The first kappa shape index (κ1) is 14.7. The van der Waals surface area contributed by atoms with Crippen LogP contribution in [0.1, 0.15) is 17.0 Å². The Hall–Kier alpha value is -1.72. The highest BCUT2D eigenvalue weighted by Gasteiger charge is 2.04. The van der Waals surface area contributed by atoms with Crippen molar-refractivity contribution in [1.29, 1.82) is 0 Å². The molecular weight excluding hydrogens is 268 g/mol. The van der Waals surface area contributed by atoms with Crippen LogP contribution in [0.2, 0.25) is 0 Å². The van der Waals surface area contributed by atoms with Crippen molar-refractivity contribution in [3.8, 4) is 0 Å². The van der Waals surface area contributed by atoms with Gasteiger partial charge in [-0.05, 0) is 25.6 Å². The highest BCUT2D eigenvalue weighted by Crippen LogP contribution is 2.08. The number of thiocarbonyl (C=S) groups is 1. The van der Waals surface area contributed by atoms with Crippen LogP contribution in [0.25, 0.3) is 0 Å². The number of hydrogen-bond acceptors (Lipinski definition) is 3. The summed E-state index contributed by atoms with van der Waals surface area (Å²) in [5, 5.41) is 0. The van der Waals surface area contributed by atoms with Gasteiger partial charge in [-0.2, -0.15) is 0 Å². The fourth-order valence-corrected chi connectivity index (χ4v) is 2.26. The molecule has 0 bridgehead atoms. The minimum Gasteiger partial charge on any atom is -0.389 e. The fraction of sp³-hybridized carbons (Fsp3) is 0.333. The lowest BCUT2D eigenvalue weighted by atomic mass is 10.1. The summed E-state index contributed by atoms with van der Waals surface area (Å²) in [5.41, 5.74) is 7.81. The second-order valence-electron chi connectivity index (χ2n) is 4.97. The summed E-state index contributed by atoms with van der Waals surface area (Å²) < 4.78 is 2.15. The molecule has 0 unspecified atom stereocenters. The summed E-state index contributed by atoms with van der Waals surface area (Å²) in [5.74, 6) is 1.05. The molecule has 5 heteroatoms. The number of nitrogens with zero attached hydrogens (tertiary/aromatic N) is 3. The number of hydrogen-bond donors (Lipinski definition) is 1. The van der Waals surface area contributed by atoms with E-state index in [0.29, 0.717) is 4.99 Å². The SMILES string of the molecule is Cc1nccn1CCN(C)Cc1cccc(C(N)=S)c1. The first-order chi connectivity index (χ1) is 9.56. The van der Waals surface area contributed by atoms with E-state index < -0.39 is 0 Å². The number of imidazole rings is 1. The molecule has 4 nitrogen and oxygen atoms in total. The van der Waals surface area contributed by atoms with Crippen LogP contribution in [-0.4, -0.2) is 33.0 Å². The molecule has 0 aliphatic carbocycles. The molecule has 0 aliphatic rings. The molecule has 0 fully saturated rings. The summed E-state index contributed by atoms with van der Waals surface area (Å²) in [6.45, 7) is 4.81. The van der Waals surface area contributed by atoms with Gasteiger partial charge in [-0.15, -0.1) is 0 Å². The Labute approximate surface area is 125 Å². The molecule has 0 spiro atoms. The van der Waals surface area contributed by atoms with Gasteiger partial charge < -0.3 is 15.2 Å². The van der Waals surface area contributed by atoms with Gasteiger partial charge in [0.2, 0.25) is 0 Å². The molecule has 2 N–H and O–H groups in total. The molecule has 20 heavy (non-hydrogen) atoms. The van der Waals surface area contributed by atoms with E-state index in [1.165, 1.54) is 5.56 Å². The van der Waals surface area contributed by atoms with Gasteiger partial charge in [0.05, 0.1) is 0 Å². The minimum atomic E-state index is 0.448. The van der Waals surface area contributed by atoms with Crippen LogP contribution in [0, 0.1) is 6.92 Å². The molecule has 0 saturated heterocycles. The average molecular weight is 288 g/mol. The van der Waals surface area contributed by atoms with Crippen LogP contribution >= 0.6 is 12.2 Å². The topological polar surface area (TPSA) is 47.1 Å². The van der Waals surface area contributed by atoms with Crippen LogP contribution in [0.4, 0.5) is 0 Å². The Balaban J connectivity index is 1.91. The maximum atomic E-state index is 5.66. The van der Waals surface area contributed by atoms with Gasteiger partial charge in [-0.25, -0.2) is 4.98 Å². The zero-order valence-corrected chi connectivity index (χ0v) is 12.7. The molecule has 0 atom stereocenters. The summed E-state index contributed by atoms with van der Waals surface area (Å²) >= 11 is 5.01. The first-order valence-electron chi connectivity index (χ1n) is 6.61. The third-order valence-electron chi connectivity index (χ3n) is 3.31. The molecule has 0 saturated carbocycles. The lowest BCUT2D eigenvalue weighted by Gasteiger charge is -2.18. The molecule has 106 valence electrons. The Morgan fingerprint density at radius 3 is 2.90 bits per heavy atom. The number of benzene rings is 1. The quantitative estimate of drug-likeness (QED) is 0.826. The van der Waals surface area contributed by atoms with Crippen LogP contribution in [0.3, 0.4) is 0 Å². The predicted molar refractivity (Wildman–Crippen MR) is 85.6 cm³/mol. The van der Waals surface area contributed by atoms with Crippen molar-refractivity contribution >= 4 is 17.2 Å². The molecule has 2 aromatic rings. The number of likely N-dealkylation sites (N-methyl/N-ethyl adjacent to an activating group) is 1. The van der Waals surface area contributed by atoms with Crippen molar-refractivity contribution in [2.75, 3.05) is 13.6 Å². The van der Waals surface area contributed by atoms with E-state index in [4.69, 9.17) is 18.0 Å². The summed E-state index contributed by atoms with van der Waals surface area (Å²) in [7, 11) is 2.11.